The minimum absolute atomic E-state index is 0.221. The van der Waals surface area contributed by atoms with E-state index in [1.54, 1.807) is 23.9 Å². The molecule has 0 unspecified atom stereocenters. The molecule has 2 aromatic rings. The van der Waals surface area contributed by atoms with Gasteiger partial charge in [0, 0.05) is 17.0 Å². The van der Waals surface area contributed by atoms with Crippen LogP contribution in [0.4, 0.5) is 5.69 Å². The fraction of sp³-hybridized carbons (Fsp3) is 0.0714. The molecule has 0 aliphatic rings. The highest BCUT2D eigenvalue weighted by Crippen LogP contribution is 2.17. The van der Waals surface area contributed by atoms with Crippen molar-refractivity contribution in [1.82, 2.24) is 4.83 Å². The number of benzene rings is 2. The fourth-order valence-electron chi connectivity index (χ4n) is 1.68. The number of hydrogen-bond donors (Lipinski definition) is 1. The summed E-state index contributed by atoms with van der Waals surface area (Å²) in [5.41, 5.74) is 0.425. The van der Waals surface area contributed by atoms with Crippen LogP contribution in [0.5, 0.6) is 0 Å². The molecule has 0 saturated carbocycles. The van der Waals surface area contributed by atoms with Crippen molar-refractivity contribution in [2.45, 2.75) is 9.79 Å². The summed E-state index contributed by atoms with van der Waals surface area (Å²) in [6.45, 7) is 0. The first-order chi connectivity index (χ1) is 10.9. The molecule has 0 aromatic heterocycles. The molecule has 0 spiro atoms. The number of nitro benzene ring substituents is 1. The molecule has 2 aromatic carbocycles. The molecule has 0 aliphatic heterocycles. The van der Waals surface area contributed by atoms with E-state index >= 15 is 0 Å². The Kier molecular flexibility index (Phi) is 5.35. The van der Waals surface area contributed by atoms with Gasteiger partial charge in [0.1, 0.15) is 0 Å². The predicted octanol–water partition coefficient (Wildman–Crippen LogP) is 2.63. The predicted molar refractivity (Wildman–Crippen MR) is 89.2 cm³/mol. The average Bonchev–Trinajstić information content (AvgIpc) is 2.55. The standard InChI is InChI=1S/C14H13N3O4S2/c1-22-13-7-5-11(6-8-13)10-15-16-23(20,21)14-4-2-3-12(9-14)17(18)19/h2-10,16H,1H3/b15-10+. The largest absolute Gasteiger partial charge is 0.276 e. The van der Waals surface area contributed by atoms with Gasteiger partial charge in [-0.15, -0.1) is 11.8 Å². The van der Waals surface area contributed by atoms with Gasteiger partial charge in [-0.1, -0.05) is 18.2 Å². The molecule has 23 heavy (non-hydrogen) atoms. The van der Waals surface area contributed by atoms with Crippen LogP contribution in [0.25, 0.3) is 0 Å². The molecule has 120 valence electrons. The van der Waals surface area contributed by atoms with E-state index in [1.807, 2.05) is 23.2 Å². The number of nitrogens with one attached hydrogen (secondary N) is 1. The number of sulfonamides is 1. The van der Waals surface area contributed by atoms with Gasteiger partial charge in [-0.25, -0.2) is 4.83 Å². The highest BCUT2D eigenvalue weighted by molar-refractivity contribution is 7.98. The second-order valence-corrected chi connectivity index (χ2v) is 6.92. The SMILES string of the molecule is CSc1ccc(/C=N/NS(=O)(=O)c2cccc([N+](=O)[O-])c2)cc1. The van der Waals surface area contributed by atoms with Crippen LogP contribution in [0.3, 0.4) is 0 Å². The molecule has 0 atom stereocenters. The highest BCUT2D eigenvalue weighted by Gasteiger charge is 2.16. The third-order valence-electron chi connectivity index (χ3n) is 2.84. The van der Waals surface area contributed by atoms with Crippen molar-refractivity contribution < 1.29 is 13.3 Å². The number of thioether (sulfide) groups is 1. The van der Waals surface area contributed by atoms with Crippen LogP contribution in [0, 0.1) is 10.1 Å². The summed E-state index contributed by atoms with van der Waals surface area (Å²) < 4.78 is 24.1. The topological polar surface area (TPSA) is 102 Å². The number of hydrogen-bond acceptors (Lipinski definition) is 6. The number of nitrogens with zero attached hydrogens (tertiary/aromatic N) is 2. The van der Waals surface area contributed by atoms with Crippen molar-refractivity contribution in [2.24, 2.45) is 5.10 Å². The first-order valence-electron chi connectivity index (χ1n) is 6.36. The number of rotatable bonds is 6. The summed E-state index contributed by atoms with van der Waals surface area (Å²) >= 11 is 1.60. The van der Waals surface area contributed by atoms with Gasteiger partial charge in [-0.3, -0.25) is 10.1 Å². The molecule has 9 heteroatoms. The lowest BCUT2D eigenvalue weighted by Crippen LogP contribution is -2.18. The molecule has 0 bridgehead atoms. The molecule has 0 fully saturated rings. The number of non-ortho nitro benzene ring substituents is 1. The normalized spacial score (nSPS) is 11.5. The molecule has 0 amide bonds. The van der Waals surface area contributed by atoms with Crippen molar-refractivity contribution in [2.75, 3.05) is 6.26 Å². The van der Waals surface area contributed by atoms with Crippen molar-refractivity contribution in [3.63, 3.8) is 0 Å². The maximum absolute atomic E-state index is 12.0. The first-order valence-corrected chi connectivity index (χ1v) is 9.06. The van der Waals surface area contributed by atoms with Gasteiger partial charge in [0.25, 0.3) is 15.7 Å². The Bertz CT molecular complexity index is 833. The average molecular weight is 351 g/mol. The third kappa shape index (κ3) is 4.54. The Labute approximate surface area is 137 Å². The van der Waals surface area contributed by atoms with E-state index in [0.717, 1.165) is 16.5 Å². The van der Waals surface area contributed by atoms with Crippen LogP contribution in [-0.4, -0.2) is 25.8 Å². The zero-order valence-corrected chi connectivity index (χ0v) is 13.7. The Hall–Kier alpha value is -2.39. The summed E-state index contributed by atoms with van der Waals surface area (Å²) in [6, 6.07) is 12.1. The van der Waals surface area contributed by atoms with Crippen LogP contribution in [-0.2, 0) is 10.0 Å². The zero-order valence-electron chi connectivity index (χ0n) is 12.0. The van der Waals surface area contributed by atoms with E-state index in [9.17, 15) is 18.5 Å². The van der Waals surface area contributed by atoms with E-state index < -0.39 is 14.9 Å². The van der Waals surface area contributed by atoms with E-state index in [2.05, 4.69) is 5.10 Å². The van der Waals surface area contributed by atoms with Gasteiger partial charge in [0.05, 0.1) is 16.0 Å². The van der Waals surface area contributed by atoms with Crippen LogP contribution >= 0.6 is 11.8 Å². The Morgan fingerprint density at radius 2 is 1.91 bits per heavy atom. The van der Waals surface area contributed by atoms with Gasteiger partial charge in [0.15, 0.2) is 0 Å². The minimum atomic E-state index is -3.96. The molecular weight excluding hydrogens is 338 g/mol. The van der Waals surface area contributed by atoms with Crippen molar-refractivity contribution in [3.8, 4) is 0 Å². The summed E-state index contributed by atoms with van der Waals surface area (Å²) in [5.74, 6) is 0. The Balaban J connectivity index is 2.13. The molecule has 0 aliphatic carbocycles. The van der Waals surface area contributed by atoms with E-state index in [0.29, 0.717) is 0 Å². The van der Waals surface area contributed by atoms with Crippen LogP contribution < -0.4 is 4.83 Å². The Morgan fingerprint density at radius 3 is 2.52 bits per heavy atom. The van der Waals surface area contributed by atoms with Crippen LogP contribution in [0.2, 0.25) is 0 Å². The van der Waals surface area contributed by atoms with Gasteiger partial charge < -0.3 is 0 Å². The first kappa shape index (κ1) is 17.0. The van der Waals surface area contributed by atoms with Crippen LogP contribution in [0.1, 0.15) is 5.56 Å². The quantitative estimate of drug-likeness (QED) is 0.373. The minimum Gasteiger partial charge on any atom is -0.258 e. The smallest absolute Gasteiger partial charge is 0.258 e. The molecule has 0 heterocycles. The molecule has 0 radical (unpaired) electrons. The number of hydrazone groups is 1. The van der Waals surface area contributed by atoms with E-state index in [4.69, 9.17) is 0 Å². The maximum atomic E-state index is 12.0. The van der Waals surface area contributed by atoms with Crippen molar-refractivity contribution in [3.05, 3.63) is 64.2 Å². The summed E-state index contributed by atoms with van der Waals surface area (Å²) in [5, 5.41) is 14.4. The summed E-state index contributed by atoms with van der Waals surface area (Å²) in [4.78, 5) is 12.9. The lowest BCUT2D eigenvalue weighted by Gasteiger charge is -2.03. The molecule has 1 N–H and O–H groups in total. The molecule has 0 saturated heterocycles. The van der Waals surface area contributed by atoms with Crippen LogP contribution in [0.15, 0.2) is 63.4 Å². The van der Waals surface area contributed by atoms with Gasteiger partial charge in [0.2, 0.25) is 0 Å². The monoisotopic (exact) mass is 351 g/mol. The highest BCUT2D eigenvalue weighted by atomic mass is 32.2. The van der Waals surface area contributed by atoms with E-state index in [-0.39, 0.29) is 10.6 Å². The van der Waals surface area contributed by atoms with E-state index in [1.165, 1.54) is 24.4 Å². The van der Waals surface area contributed by atoms with Crippen molar-refractivity contribution in [1.29, 1.82) is 0 Å². The maximum Gasteiger partial charge on any atom is 0.276 e. The fourth-order valence-corrected chi connectivity index (χ4v) is 2.92. The lowest BCUT2D eigenvalue weighted by atomic mass is 10.2. The van der Waals surface area contributed by atoms with Gasteiger partial charge in [-0.05, 0) is 30.0 Å². The zero-order chi connectivity index (χ0) is 16.9. The second-order valence-electron chi connectivity index (χ2n) is 4.38. The van der Waals surface area contributed by atoms with Gasteiger partial charge in [-0.2, -0.15) is 13.5 Å². The molecular formula is C14H13N3O4S2. The number of nitro groups is 1. The summed E-state index contributed by atoms with van der Waals surface area (Å²) in [6.07, 6.45) is 3.31. The van der Waals surface area contributed by atoms with Gasteiger partial charge >= 0.3 is 0 Å². The second kappa shape index (κ2) is 7.25. The molecule has 2 rings (SSSR count). The Morgan fingerprint density at radius 1 is 1.22 bits per heavy atom. The molecule has 7 nitrogen and oxygen atoms in total. The van der Waals surface area contributed by atoms with Crippen molar-refractivity contribution >= 4 is 33.7 Å². The lowest BCUT2D eigenvalue weighted by molar-refractivity contribution is -0.385. The third-order valence-corrected chi connectivity index (χ3v) is 4.80. The summed E-state index contributed by atoms with van der Waals surface area (Å²) in [7, 11) is -3.96.